The number of amides is 1. The van der Waals surface area contributed by atoms with Crippen LogP contribution in [0.1, 0.15) is 47.7 Å². The molecule has 0 saturated carbocycles. The first-order valence-corrected chi connectivity index (χ1v) is 12.4. The van der Waals surface area contributed by atoms with E-state index in [-0.39, 0.29) is 16.4 Å². The lowest BCUT2D eigenvalue weighted by Crippen LogP contribution is -2.39. The van der Waals surface area contributed by atoms with Crippen LogP contribution in [0.15, 0.2) is 47.4 Å². The van der Waals surface area contributed by atoms with Gasteiger partial charge in [-0.2, -0.15) is 4.31 Å². The number of hydrogen-bond acceptors (Lipinski definition) is 5. The third-order valence-electron chi connectivity index (χ3n) is 6.14. The minimum absolute atomic E-state index is 0.112. The number of nitrogens with zero attached hydrogens (tertiary/aromatic N) is 2. The molecule has 1 saturated heterocycles. The summed E-state index contributed by atoms with van der Waals surface area (Å²) in [6.45, 7) is 4.77. The molecule has 0 aliphatic carbocycles. The molecule has 2 aliphatic heterocycles. The Balaban J connectivity index is 1.50. The first-order chi connectivity index (χ1) is 15.3. The first kappa shape index (κ1) is 22.5. The maximum atomic E-state index is 13.1. The highest BCUT2D eigenvalue weighted by molar-refractivity contribution is 7.89. The van der Waals surface area contributed by atoms with Crippen LogP contribution >= 0.6 is 0 Å². The van der Waals surface area contributed by atoms with Gasteiger partial charge in [0.2, 0.25) is 10.0 Å². The lowest BCUT2D eigenvalue weighted by atomic mass is 10.1. The third-order valence-corrected chi connectivity index (χ3v) is 8.18. The Kier molecular flexibility index (Phi) is 6.35. The molecule has 0 spiro atoms. The van der Waals surface area contributed by atoms with Crippen molar-refractivity contribution in [1.82, 2.24) is 4.31 Å². The number of sulfonamides is 1. The molecule has 32 heavy (non-hydrogen) atoms. The van der Waals surface area contributed by atoms with Gasteiger partial charge >= 0.3 is 5.97 Å². The van der Waals surface area contributed by atoms with Gasteiger partial charge in [0, 0.05) is 25.3 Å². The number of anilines is 1. The van der Waals surface area contributed by atoms with E-state index in [1.807, 2.05) is 24.3 Å². The van der Waals surface area contributed by atoms with E-state index in [0.29, 0.717) is 25.2 Å². The smallest absolute Gasteiger partial charge is 0.338 e. The molecular weight excluding hydrogens is 428 g/mol. The summed E-state index contributed by atoms with van der Waals surface area (Å²) in [5.74, 6) is -1.01. The van der Waals surface area contributed by atoms with E-state index < -0.39 is 22.1 Å². The van der Waals surface area contributed by atoms with Crippen molar-refractivity contribution in [3.05, 3.63) is 59.2 Å². The summed E-state index contributed by atoms with van der Waals surface area (Å²) < 4.78 is 33.2. The van der Waals surface area contributed by atoms with Crippen molar-refractivity contribution in [3.8, 4) is 0 Å². The van der Waals surface area contributed by atoms with Gasteiger partial charge in [0.05, 0.1) is 10.5 Å². The fraction of sp³-hybridized carbons (Fsp3) is 0.417. The Morgan fingerprint density at radius 1 is 1.00 bits per heavy atom. The van der Waals surface area contributed by atoms with Crippen LogP contribution in [0.4, 0.5) is 5.69 Å². The zero-order valence-corrected chi connectivity index (χ0v) is 19.2. The zero-order chi connectivity index (χ0) is 22.9. The number of esters is 1. The Morgan fingerprint density at radius 3 is 2.47 bits per heavy atom. The van der Waals surface area contributed by atoms with Crippen LogP contribution in [-0.4, -0.2) is 50.3 Å². The molecule has 4 rings (SSSR count). The highest BCUT2D eigenvalue weighted by Gasteiger charge is 2.31. The summed E-state index contributed by atoms with van der Waals surface area (Å²) in [5.41, 5.74) is 2.62. The molecule has 0 unspecified atom stereocenters. The van der Waals surface area contributed by atoms with Crippen molar-refractivity contribution in [3.63, 3.8) is 0 Å². The molecular formula is C24H28N2O5S. The Labute approximate surface area is 189 Å². The van der Waals surface area contributed by atoms with Crippen LogP contribution in [0.3, 0.4) is 0 Å². The predicted octanol–water partition coefficient (Wildman–Crippen LogP) is 3.30. The van der Waals surface area contributed by atoms with Gasteiger partial charge in [-0.25, -0.2) is 13.2 Å². The molecule has 170 valence electrons. The largest absolute Gasteiger partial charge is 0.449 e. The number of ether oxygens (including phenoxy) is 1. The Bertz CT molecular complexity index is 1140. The zero-order valence-electron chi connectivity index (χ0n) is 18.4. The number of aryl methyl sites for hydroxylation is 1. The van der Waals surface area contributed by atoms with Crippen molar-refractivity contribution in [2.75, 3.05) is 24.5 Å². The number of carbonyl (C=O) groups is 2. The molecule has 1 atom stereocenters. The van der Waals surface area contributed by atoms with E-state index in [0.717, 1.165) is 36.9 Å². The van der Waals surface area contributed by atoms with Crippen LogP contribution in [0, 0.1) is 6.92 Å². The van der Waals surface area contributed by atoms with Gasteiger partial charge in [-0.05, 0) is 62.4 Å². The third kappa shape index (κ3) is 4.29. The van der Waals surface area contributed by atoms with E-state index in [9.17, 15) is 18.0 Å². The van der Waals surface area contributed by atoms with E-state index in [1.165, 1.54) is 16.4 Å². The van der Waals surface area contributed by atoms with Gasteiger partial charge < -0.3 is 9.64 Å². The van der Waals surface area contributed by atoms with Crippen LogP contribution in [0.25, 0.3) is 0 Å². The van der Waals surface area contributed by atoms with Crippen molar-refractivity contribution in [2.24, 2.45) is 0 Å². The van der Waals surface area contributed by atoms with E-state index >= 15 is 0 Å². The van der Waals surface area contributed by atoms with Crippen LogP contribution in [0.2, 0.25) is 0 Å². The number of para-hydroxylation sites is 1. The molecule has 8 heteroatoms. The average Bonchev–Trinajstić information content (AvgIpc) is 3.23. The van der Waals surface area contributed by atoms with E-state index in [1.54, 1.807) is 24.8 Å². The van der Waals surface area contributed by atoms with Gasteiger partial charge in [-0.3, -0.25) is 4.79 Å². The van der Waals surface area contributed by atoms with Gasteiger partial charge in [0.1, 0.15) is 0 Å². The summed E-state index contributed by atoms with van der Waals surface area (Å²) in [7, 11) is -3.69. The maximum absolute atomic E-state index is 13.1. The molecule has 0 N–H and O–H groups in total. The molecule has 1 amide bonds. The van der Waals surface area contributed by atoms with Gasteiger partial charge in [-0.15, -0.1) is 0 Å². The Morgan fingerprint density at radius 2 is 1.72 bits per heavy atom. The monoisotopic (exact) mass is 456 g/mol. The standard InChI is InChI=1S/C24H28N2O5S/c1-17-10-11-20(16-22(17)32(29,30)25-13-6-3-7-14-25)24(28)31-18(2)23(27)26-15-12-19-8-4-5-9-21(19)26/h4-5,8-11,16,18H,3,6-7,12-15H2,1-2H3/t18-/m1/s1. The average molecular weight is 457 g/mol. The highest BCUT2D eigenvalue weighted by Crippen LogP contribution is 2.29. The van der Waals surface area contributed by atoms with Crippen LogP contribution in [0.5, 0.6) is 0 Å². The second-order valence-corrected chi connectivity index (χ2v) is 10.3. The predicted molar refractivity (Wildman–Crippen MR) is 121 cm³/mol. The topological polar surface area (TPSA) is 84.0 Å². The minimum atomic E-state index is -3.69. The van der Waals surface area contributed by atoms with Crippen molar-refractivity contribution in [1.29, 1.82) is 0 Å². The molecule has 2 heterocycles. The summed E-state index contributed by atoms with van der Waals surface area (Å²) in [5, 5.41) is 0. The molecule has 1 fully saturated rings. The fourth-order valence-electron chi connectivity index (χ4n) is 4.31. The minimum Gasteiger partial charge on any atom is -0.449 e. The molecule has 2 aromatic carbocycles. The molecule has 0 bridgehead atoms. The van der Waals surface area contributed by atoms with E-state index in [2.05, 4.69) is 0 Å². The molecule has 0 aromatic heterocycles. The second-order valence-electron chi connectivity index (χ2n) is 8.36. The Hall–Kier alpha value is -2.71. The van der Waals surface area contributed by atoms with Crippen LogP contribution in [-0.2, 0) is 26.0 Å². The molecule has 2 aromatic rings. The lowest BCUT2D eigenvalue weighted by Gasteiger charge is -2.26. The summed E-state index contributed by atoms with van der Waals surface area (Å²) in [6.07, 6.45) is 2.46. The summed E-state index contributed by atoms with van der Waals surface area (Å²) in [4.78, 5) is 27.4. The van der Waals surface area contributed by atoms with Gasteiger partial charge in [0.25, 0.3) is 5.91 Å². The van der Waals surface area contributed by atoms with Crippen molar-refractivity contribution in [2.45, 2.75) is 50.5 Å². The van der Waals surface area contributed by atoms with E-state index in [4.69, 9.17) is 4.74 Å². The number of piperidine rings is 1. The molecule has 7 nitrogen and oxygen atoms in total. The number of rotatable bonds is 5. The number of carbonyl (C=O) groups excluding carboxylic acids is 2. The quantitative estimate of drug-likeness (QED) is 0.645. The number of benzene rings is 2. The van der Waals surface area contributed by atoms with Crippen molar-refractivity contribution < 1.29 is 22.7 Å². The lowest BCUT2D eigenvalue weighted by molar-refractivity contribution is -0.126. The normalized spacial score (nSPS) is 17.6. The maximum Gasteiger partial charge on any atom is 0.338 e. The SMILES string of the molecule is Cc1ccc(C(=O)O[C@H](C)C(=O)N2CCc3ccccc32)cc1S(=O)(=O)N1CCCCC1. The summed E-state index contributed by atoms with van der Waals surface area (Å²) >= 11 is 0. The summed E-state index contributed by atoms with van der Waals surface area (Å²) in [6, 6.07) is 12.2. The number of hydrogen-bond donors (Lipinski definition) is 0. The second kappa shape index (κ2) is 9.03. The fourth-order valence-corrected chi connectivity index (χ4v) is 6.08. The molecule has 0 radical (unpaired) electrons. The van der Waals surface area contributed by atoms with Crippen LogP contribution < -0.4 is 4.90 Å². The van der Waals surface area contributed by atoms with Gasteiger partial charge in [0.15, 0.2) is 6.10 Å². The molecule has 2 aliphatic rings. The van der Waals surface area contributed by atoms with Gasteiger partial charge in [-0.1, -0.05) is 30.7 Å². The first-order valence-electron chi connectivity index (χ1n) is 11.0. The highest BCUT2D eigenvalue weighted by atomic mass is 32.2. The van der Waals surface area contributed by atoms with Crippen molar-refractivity contribution >= 4 is 27.6 Å². The number of fused-ring (bicyclic) bond motifs is 1.